The van der Waals surface area contributed by atoms with E-state index in [2.05, 4.69) is 9.62 Å². The molecule has 0 aliphatic carbocycles. The van der Waals surface area contributed by atoms with Gasteiger partial charge in [-0.05, 0) is 55.1 Å². The number of fused-ring (bicyclic) bond motifs is 1. The van der Waals surface area contributed by atoms with Gasteiger partial charge >= 0.3 is 0 Å². The van der Waals surface area contributed by atoms with Crippen LogP contribution in [-0.4, -0.2) is 52.1 Å². The van der Waals surface area contributed by atoms with E-state index in [1.54, 1.807) is 21.1 Å². The van der Waals surface area contributed by atoms with Gasteiger partial charge in [-0.2, -0.15) is 0 Å². The van der Waals surface area contributed by atoms with E-state index < -0.39 is 14.9 Å². The molecule has 1 N–H and O–H groups in total. The molecule has 0 fully saturated rings. The molecule has 1 aliphatic heterocycles. The highest BCUT2D eigenvalue weighted by Crippen LogP contribution is 2.33. The molecule has 3 rings (SSSR count). The predicted octanol–water partition coefficient (Wildman–Crippen LogP) is 2.65. The maximum Gasteiger partial charge on any atom is 0.270 e. The minimum absolute atomic E-state index is 0.0605. The molecule has 0 spiro atoms. The number of ether oxygens (including phenoxy) is 2. The molecule has 0 amide bonds. The lowest BCUT2D eigenvalue weighted by atomic mass is 9.98. The molecule has 10 heteroatoms. The van der Waals surface area contributed by atoms with Gasteiger partial charge < -0.3 is 9.47 Å². The number of nitrogens with zero attached hydrogens (tertiary/aromatic N) is 2. The van der Waals surface area contributed by atoms with Crippen LogP contribution in [-0.2, 0) is 23.0 Å². The van der Waals surface area contributed by atoms with Crippen molar-refractivity contribution < 1.29 is 22.8 Å². The van der Waals surface area contributed by atoms with Gasteiger partial charge in [0.05, 0.1) is 24.0 Å². The fraction of sp³-hybridized carbons (Fsp3) is 0.429. The van der Waals surface area contributed by atoms with Crippen molar-refractivity contribution in [1.82, 2.24) is 9.62 Å². The standard InChI is InChI=1S/C21H27N3O6S/c1-15-5-6-18(24(25)26)13-21(15)31(27,28)22-8-4-9-23-10-7-16-11-19(29-2)20(30-3)12-17(16)14-23/h5-6,11-13,22H,4,7-10,14H2,1-3H3. The molecular weight excluding hydrogens is 422 g/mol. The minimum atomic E-state index is -3.82. The van der Waals surface area contributed by atoms with E-state index in [1.807, 2.05) is 12.1 Å². The molecule has 2 aromatic rings. The van der Waals surface area contributed by atoms with Crippen molar-refractivity contribution in [2.24, 2.45) is 0 Å². The van der Waals surface area contributed by atoms with Crippen LogP contribution in [0, 0.1) is 17.0 Å². The second kappa shape index (κ2) is 9.63. The molecule has 0 aromatic heterocycles. The number of aryl methyl sites for hydroxylation is 1. The maximum atomic E-state index is 12.6. The molecule has 0 bridgehead atoms. The van der Waals surface area contributed by atoms with Gasteiger partial charge in [0.2, 0.25) is 10.0 Å². The summed E-state index contributed by atoms with van der Waals surface area (Å²) in [5.41, 5.74) is 2.63. The van der Waals surface area contributed by atoms with Crippen molar-refractivity contribution in [2.45, 2.75) is 31.2 Å². The number of nitro groups is 1. The number of nitro benzene ring substituents is 1. The molecule has 1 heterocycles. The Morgan fingerprint density at radius 1 is 1.13 bits per heavy atom. The number of hydrogen-bond donors (Lipinski definition) is 1. The second-order valence-electron chi connectivity index (χ2n) is 7.46. The van der Waals surface area contributed by atoms with Crippen LogP contribution < -0.4 is 14.2 Å². The number of sulfonamides is 1. The van der Waals surface area contributed by atoms with Gasteiger partial charge in [-0.3, -0.25) is 15.0 Å². The highest BCUT2D eigenvalue weighted by molar-refractivity contribution is 7.89. The molecule has 0 unspecified atom stereocenters. The first-order valence-corrected chi connectivity index (χ1v) is 11.4. The lowest BCUT2D eigenvalue weighted by molar-refractivity contribution is -0.385. The molecular formula is C21H27N3O6S. The summed E-state index contributed by atoms with van der Waals surface area (Å²) >= 11 is 0. The third kappa shape index (κ3) is 5.33. The maximum absolute atomic E-state index is 12.6. The van der Waals surface area contributed by atoms with E-state index in [0.717, 1.165) is 37.9 Å². The van der Waals surface area contributed by atoms with Crippen LogP contribution >= 0.6 is 0 Å². The topological polar surface area (TPSA) is 111 Å². The van der Waals surface area contributed by atoms with Crippen molar-refractivity contribution in [3.05, 3.63) is 57.1 Å². The van der Waals surface area contributed by atoms with E-state index in [4.69, 9.17) is 9.47 Å². The fourth-order valence-corrected chi connectivity index (χ4v) is 5.05. The van der Waals surface area contributed by atoms with E-state index in [1.165, 1.54) is 23.3 Å². The van der Waals surface area contributed by atoms with Crippen LogP contribution in [0.1, 0.15) is 23.1 Å². The van der Waals surface area contributed by atoms with Crippen molar-refractivity contribution in [3.8, 4) is 11.5 Å². The zero-order valence-corrected chi connectivity index (χ0v) is 18.7. The Labute approximate surface area is 182 Å². The van der Waals surface area contributed by atoms with Gasteiger partial charge in [-0.1, -0.05) is 6.07 Å². The molecule has 2 aromatic carbocycles. The molecule has 0 atom stereocenters. The lowest BCUT2D eigenvalue weighted by Crippen LogP contribution is -2.34. The molecule has 9 nitrogen and oxygen atoms in total. The quantitative estimate of drug-likeness (QED) is 0.356. The summed E-state index contributed by atoms with van der Waals surface area (Å²) in [7, 11) is -0.587. The van der Waals surface area contributed by atoms with E-state index in [0.29, 0.717) is 17.7 Å². The van der Waals surface area contributed by atoms with Gasteiger partial charge in [0.25, 0.3) is 5.69 Å². The van der Waals surface area contributed by atoms with E-state index in [-0.39, 0.29) is 17.1 Å². The van der Waals surface area contributed by atoms with Crippen LogP contribution in [0.4, 0.5) is 5.69 Å². The van der Waals surface area contributed by atoms with Gasteiger partial charge in [0.1, 0.15) is 0 Å². The third-order valence-electron chi connectivity index (χ3n) is 5.41. The zero-order valence-electron chi connectivity index (χ0n) is 17.9. The summed E-state index contributed by atoms with van der Waals surface area (Å²) in [5.74, 6) is 1.42. The normalized spacial score (nSPS) is 14.2. The fourth-order valence-electron chi connectivity index (χ4n) is 3.71. The van der Waals surface area contributed by atoms with E-state index in [9.17, 15) is 18.5 Å². The molecule has 31 heavy (non-hydrogen) atoms. The average molecular weight is 450 g/mol. The van der Waals surface area contributed by atoms with E-state index >= 15 is 0 Å². The van der Waals surface area contributed by atoms with Gasteiger partial charge in [0.15, 0.2) is 11.5 Å². The lowest BCUT2D eigenvalue weighted by Gasteiger charge is -2.29. The number of rotatable bonds is 9. The average Bonchev–Trinajstić information content (AvgIpc) is 2.75. The first-order valence-electron chi connectivity index (χ1n) is 9.96. The van der Waals surface area contributed by atoms with Gasteiger partial charge in [0, 0.05) is 31.8 Å². The Balaban J connectivity index is 1.57. The highest BCUT2D eigenvalue weighted by atomic mass is 32.2. The van der Waals surface area contributed by atoms with Crippen LogP contribution in [0.3, 0.4) is 0 Å². The number of hydrogen-bond acceptors (Lipinski definition) is 7. The van der Waals surface area contributed by atoms with Gasteiger partial charge in [-0.15, -0.1) is 0 Å². The summed E-state index contributed by atoms with van der Waals surface area (Å²) < 4.78 is 38.5. The second-order valence-corrected chi connectivity index (χ2v) is 9.20. The zero-order chi connectivity index (χ0) is 22.6. The third-order valence-corrected chi connectivity index (χ3v) is 7.02. The van der Waals surface area contributed by atoms with Crippen LogP contribution in [0.5, 0.6) is 11.5 Å². The Kier molecular flexibility index (Phi) is 7.14. The smallest absolute Gasteiger partial charge is 0.270 e. The Hall–Kier alpha value is -2.69. The number of benzene rings is 2. The number of nitrogens with one attached hydrogen (secondary N) is 1. The SMILES string of the molecule is COc1cc2c(cc1OC)CN(CCCNS(=O)(=O)c1cc([N+](=O)[O-])ccc1C)CC2. The summed E-state index contributed by atoms with van der Waals surface area (Å²) in [6.07, 6.45) is 1.50. The Morgan fingerprint density at radius 2 is 1.81 bits per heavy atom. The van der Waals surface area contributed by atoms with Crippen LogP contribution in [0.25, 0.3) is 0 Å². The molecule has 168 valence electrons. The van der Waals surface area contributed by atoms with Crippen LogP contribution in [0.2, 0.25) is 0 Å². The Morgan fingerprint density at radius 3 is 2.45 bits per heavy atom. The number of non-ortho nitro benzene ring substituents is 1. The first kappa shape index (κ1) is 23.0. The predicted molar refractivity (Wildman–Crippen MR) is 116 cm³/mol. The van der Waals surface area contributed by atoms with Crippen molar-refractivity contribution in [2.75, 3.05) is 33.9 Å². The summed E-state index contributed by atoms with van der Waals surface area (Å²) in [5, 5.41) is 11.0. The summed E-state index contributed by atoms with van der Waals surface area (Å²) in [4.78, 5) is 12.6. The Bertz CT molecular complexity index is 1070. The van der Waals surface area contributed by atoms with Crippen molar-refractivity contribution >= 4 is 15.7 Å². The van der Waals surface area contributed by atoms with Gasteiger partial charge in [-0.25, -0.2) is 13.1 Å². The first-order chi connectivity index (χ1) is 14.7. The number of methoxy groups -OCH3 is 2. The molecule has 0 saturated carbocycles. The van der Waals surface area contributed by atoms with Crippen molar-refractivity contribution in [1.29, 1.82) is 0 Å². The molecule has 0 saturated heterocycles. The van der Waals surface area contributed by atoms with Crippen molar-refractivity contribution in [3.63, 3.8) is 0 Å². The minimum Gasteiger partial charge on any atom is -0.493 e. The molecule has 1 aliphatic rings. The highest BCUT2D eigenvalue weighted by Gasteiger charge is 2.21. The molecule has 0 radical (unpaired) electrons. The largest absolute Gasteiger partial charge is 0.493 e. The summed E-state index contributed by atoms with van der Waals surface area (Å²) in [6, 6.07) is 7.85. The summed E-state index contributed by atoms with van der Waals surface area (Å²) in [6.45, 7) is 4.22. The monoisotopic (exact) mass is 449 g/mol. The van der Waals surface area contributed by atoms with Crippen LogP contribution in [0.15, 0.2) is 35.2 Å².